The molecule has 0 aliphatic carbocycles. The lowest BCUT2D eigenvalue weighted by Crippen LogP contribution is -2.30. The van der Waals surface area contributed by atoms with E-state index in [1.807, 2.05) is 0 Å². The number of phosphoric ester groups is 2. The molecule has 0 aromatic rings. The Morgan fingerprint density at radius 1 is 0.276 bits per heavy atom. The standard InChI is InChI=1S/C86H168O17P2/c1-8-11-12-13-14-15-16-17-18-19-20-21-22-23-24-29-32-35-41-46-55-62-69-85(90)102-81(73-96-83(88)67-60-53-45-40-34-31-28-26-25-27-30-33-38-43-50-57-64-77(4)5)75-100-104(92,93)98-71-80(87)72-99-105(94,95)101-76-82(74-97-84(89)68-61-54-49-48-52-59-66-79(7)10-3)103-86(91)70-63-56-47-42-37-36-39-44-51-58-65-78(6)9-2/h77-82,87H,8-76H2,1-7H3,(H,92,93)(H,94,95)/t78?,79?,80-,81-,82-/m1/s1. The third kappa shape index (κ3) is 77.2. The van der Waals surface area contributed by atoms with Crippen LogP contribution in [0, 0.1) is 17.8 Å². The number of carbonyl (C=O) groups is 4. The number of phosphoric acid groups is 2. The van der Waals surface area contributed by atoms with E-state index in [9.17, 15) is 43.2 Å². The highest BCUT2D eigenvalue weighted by atomic mass is 31.2. The molecule has 0 aromatic heterocycles. The van der Waals surface area contributed by atoms with Crippen molar-refractivity contribution >= 4 is 39.5 Å². The van der Waals surface area contributed by atoms with Crippen LogP contribution >= 0.6 is 15.6 Å². The topological polar surface area (TPSA) is 237 Å². The molecule has 0 saturated carbocycles. The molecule has 0 amide bonds. The minimum absolute atomic E-state index is 0.105. The fraction of sp³-hybridized carbons (Fsp3) is 0.953. The molecule has 0 spiro atoms. The molecule has 0 aliphatic heterocycles. The van der Waals surface area contributed by atoms with E-state index in [1.54, 1.807) is 0 Å². The van der Waals surface area contributed by atoms with Crippen LogP contribution in [0.1, 0.15) is 453 Å². The van der Waals surface area contributed by atoms with Gasteiger partial charge in [0.2, 0.25) is 0 Å². The second kappa shape index (κ2) is 76.1. The Balaban J connectivity index is 5.22. The number of aliphatic hydroxyl groups is 1. The first-order valence-corrected chi connectivity index (χ1v) is 47.4. The summed E-state index contributed by atoms with van der Waals surface area (Å²) in [6.07, 6.45) is 66.8. The SMILES string of the molecule is CCCCCCCCCCCCCCCCCCCCCCCCC(=O)O[C@H](COC(=O)CCCCCCCCCCCCCCCCCCC(C)C)COP(=O)(O)OC[C@@H](O)COP(=O)(O)OC[C@@H](COC(=O)CCCCCCCCC(C)CC)OC(=O)CCCCCCCCCCCCC(C)CC. The third-order valence-corrected chi connectivity index (χ3v) is 22.8. The Kier molecular flexibility index (Phi) is 74.7. The highest BCUT2D eigenvalue weighted by molar-refractivity contribution is 7.47. The van der Waals surface area contributed by atoms with Crippen molar-refractivity contribution < 1.29 is 80.2 Å². The van der Waals surface area contributed by atoms with Gasteiger partial charge >= 0.3 is 39.5 Å². The van der Waals surface area contributed by atoms with Crippen molar-refractivity contribution in [2.45, 2.75) is 471 Å². The first kappa shape index (κ1) is 103. The van der Waals surface area contributed by atoms with Crippen LogP contribution < -0.4 is 0 Å². The molecule has 105 heavy (non-hydrogen) atoms. The van der Waals surface area contributed by atoms with E-state index in [0.29, 0.717) is 25.7 Å². The van der Waals surface area contributed by atoms with Gasteiger partial charge < -0.3 is 33.8 Å². The number of unbranched alkanes of at least 4 members (excludes halogenated alkanes) is 50. The van der Waals surface area contributed by atoms with Crippen molar-refractivity contribution in [3.05, 3.63) is 0 Å². The lowest BCUT2D eigenvalue weighted by Gasteiger charge is -2.21. The van der Waals surface area contributed by atoms with Crippen molar-refractivity contribution in [2.75, 3.05) is 39.6 Å². The van der Waals surface area contributed by atoms with E-state index in [-0.39, 0.29) is 25.7 Å². The van der Waals surface area contributed by atoms with E-state index in [4.69, 9.17) is 37.0 Å². The van der Waals surface area contributed by atoms with Crippen LogP contribution in [-0.2, 0) is 65.4 Å². The van der Waals surface area contributed by atoms with E-state index >= 15 is 0 Å². The minimum atomic E-state index is -4.97. The maximum atomic E-state index is 13.1. The summed E-state index contributed by atoms with van der Waals surface area (Å²) in [4.78, 5) is 73.2. The summed E-state index contributed by atoms with van der Waals surface area (Å²) in [5.41, 5.74) is 0. The molecule has 0 heterocycles. The molecule has 0 rings (SSSR count). The monoisotopic (exact) mass is 1540 g/mol. The van der Waals surface area contributed by atoms with E-state index in [0.717, 1.165) is 114 Å². The molecule has 0 radical (unpaired) electrons. The molecule has 0 fully saturated rings. The fourth-order valence-corrected chi connectivity index (χ4v) is 14.9. The Labute approximate surface area is 645 Å². The van der Waals surface area contributed by atoms with Gasteiger partial charge in [0, 0.05) is 25.7 Å². The summed E-state index contributed by atoms with van der Waals surface area (Å²) in [5, 5.41) is 10.7. The van der Waals surface area contributed by atoms with Crippen molar-refractivity contribution in [1.82, 2.24) is 0 Å². The predicted octanol–water partition coefficient (Wildman–Crippen LogP) is 26.1. The van der Waals surface area contributed by atoms with Crippen LogP contribution in [0.15, 0.2) is 0 Å². The van der Waals surface area contributed by atoms with Crippen molar-refractivity contribution in [2.24, 2.45) is 17.8 Å². The van der Waals surface area contributed by atoms with Gasteiger partial charge in [0.05, 0.1) is 26.4 Å². The molecule has 7 atom stereocenters. The lowest BCUT2D eigenvalue weighted by molar-refractivity contribution is -0.161. The second-order valence-electron chi connectivity index (χ2n) is 31.9. The van der Waals surface area contributed by atoms with Gasteiger partial charge in [-0.05, 0) is 43.4 Å². The largest absolute Gasteiger partial charge is 0.472 e. The molecule has 0 aliphatic rings. The van der Waals surface area contributed by atoms with Gasteiger partial charge in [0.1, 0.15) is 19.3 Å². The smallest absolute Gasteiger partial charge is 0.462 e. The zero-order chi connectivity index (χ0) is 77.2. The molecule has 4 unspecified atom stereocenters. The Morgan fingerprint density at radius 3 is 0.724 bits per heavy atom. The van der Waals surface area contributed by atoms with Gasteiger partial charge in [-0.3, -0.25) is 37.3 Å². The highest BCUT2D eigenvalue weighted by Gasteiger charge is 2.30. The highest BCUT2D eigenvalue weighted by Crippen LogP contribution is 2.45. The van der Waals surface area contributed by atoms with Crippen LogP contribution in [0.2, 0.25) is 0 Å². The molecule has 0 bridgehead atoms. The first-order chi connectivity index (χ1) is 50.8. The Hall–Kier alpha value is -1.94. The maximum absolute atomic E-state index is 13.1. The number of hydrogen-bond acceptors (Lipinski definition) is 15. The van der Waals surface area contributed by atoms with Gasteiger partial charge in [-0.15, -0.1) is 0 Å². The number of rotatable bonds is 84. The lowest BCUT2D eigenvalue weighted by atomic mass is 9.99. The molecular formula is C86H168O17P2. The van der Waals surface area contributed by atoms with Crippen molar-refractivity contribution in [3.8, 4) is 0 Å². The summed E-state index contributed by atoms with van der Waals surface area (Å²) in [6.45, 7) is 12.0. The van der Waals surface area contributed by atoms with E-state index in [1.165, 1.54) is 257 Å². The van der Waals surface area contributed by atoms with Gasteiger partial charge in [0.15, 0.2) is 12.2 Å². The van der Waals surface area contributed by atoms with E-state index < -0.39 is 97.5 Å². The van der Waals surface area contributed by atoms with Gasteiger partial charge in [-0.25, -0.2) is 9.13 Å². The summed E-state index contributed by atoms with van der Waals surface area (Å²) in [5.74, 6) is 0.238. The zero-order valence-corrected chi connectivity index (χ0v) is 71.0. The quantitative estimate of drug-likeness (QED) is 0.0222. The Bertz CT molecular complexity index is 2030. The maximum Gasteiger partial charge on any atom is 0.472 e. The molecule has 3 N–H and O–H groups in total. The summed E-state index contributed by atoms with van der Waals surface area (Å²) in [6, 6.07) is 0. The van der Waals surface area contributed by atoms with Gasteiger partial charge in [-0.1, -0.05) is 402 Å². The summed E-state index contributed by atoms with van der Waals surface area (Å²) >= 11 is 0. The van der Waals surface area contributed by atoms with Crippen LogP contribution in [0.25, 0.3) is 0 Å². The van der Waals surface area contributed by atoms with Gasteiger partial charge in [0.25, 0.3) is 0 Å². The Morgan fingerprint density at radius 2 is 0.486 bits per heavy atom. The first-order valence-electron chi connectivity index (χ1n) is 44.4. The molecule has 19 heteroatoms. The average Bonchev–Trinajstić information content (AvgIpc) is 0.907. The minimum Gasteiger partial charge on any atom is -0.462 e. The predicted molar refractivity (Wildman–Crippen MR) is 432 cm³/mol. The number of ether oxygens (including phenoxy) is 4. The number of carbonyl (C=O) groups excluding carboxylic acids is 4. The zero-order valence-electron chi connectivity index (χ0n) is 69.2. The van der Waals surface area contributed by atoms with Crippen LogP contribution in [0.5, 0.6) is 0 Å². The van der Waals surface area contributed by atoms with Crippen LogP contribution in [0.3, 0.4) is 0 Å². The van der Waals surface area contributed by atoms with Crippen LogP contribution in [-0.4, -0.2) is 96.7 Å². The molecule has 17 nitrogen and oxygen atoms in total. The third-order valence-electron chi connectivity index (χ3n) is 20.9. The summed E-state index contributed by atoms with van der Waals surface area (Å²) < 4.78 is 68.9. The fourth-order valence-electron chi connectivity index (χ4n) is 13.3. The number of esters is 4. The average molecular weight is 1540 g/mol. The normalized spacial score (nSPS) is 14.4. The van der Waals surface area contributed by atoms with Crippen molar-refractivity contribution in [1.29, 1.82) is 0 Å². The van der Waals surface area contributed by atoms with Crippen molar-refractivity contribution in [3.63, 3.8) is 0 Å². The number of hydrogen-bond donors (Lipinski definition) is 3. The second-order valence-corrected chi connectivity index (χ2v) is 34.8. The molecule has 0 saturated heterocycles. The number of aliphatic hydroxyl groups excluding tert-OH is 1. The molecule has 624 valence electrons. The molecular weight excluding hydrogens is 1370 g/mol. The molecule has 0 aromatic carbocycles. The van der Waals surface area contributed by atoms with E-state index in [2.05, 4.69) is 48.5 Å². The van der Waals surface area contributed by atoms with Crippen LogP contribution in [0.4, 0.5) is 0 Å². The van der Waals surface area contributed by atoms with Gasteiger partial charge in [-0.2, -0.15) is 0 Å². The summed E-state index contributed by atoms with van der Waals surface area (Å²) in [7, 11) is -9.93.